The number of rotatable bonds is 0. The first-order valence-corrected chi connectivity index (χ1v) is 1.38. The second kappa shape index (κ2) is 0.965. The van der Waals surface area contributed by atoms with Crippen LogP contribution in [0.2, 0.25) is 0 Å². The molecule has 0 fully saturated rings. The lowest BCUT2D eigenvalue weighted by atomic mass is 11.4. The van der Waals surface area contributed by atoms with Crippen LogP contribution in [0.1, 0.15) is 0 Å². The summed E-state index contributed by atoms with van der Waals surface area (Å²) < 4.78 is 4.11. The van der Waals surface area contributed by atoms with Crippen molar-refractivity contribution < 1.29 is 4.42 Å². The van der Waals surface area contributed by atoms with Crippen LogP contribution in [0.3, 0.4) is 0 Å². The Morgan fingerprint density at radius 1 is 2.00 bits per heavy atom. The smallest absolute Gasteiger partial charge is 0.395 e. The third kappa shape index (κ3) is 0.314. The fraction of sp³-hybridized carbons (Fsp3) is 0. The van der Waals surface area contributed by atoms with Gasteiger partial charge in [0.05, 0.1) is 0 Å². The Balaban J connectivity index is 3.41. The van der Waals surface area contributed by atoms with Crippen LogP contribution in [0.15, 0.2) is 15.6 Å². The first kappa shape index (κ1) is 3.14. The van der Waals surface area contributed by atoms with Gasteiger partial charge in [-0.15, -0.1) is 5.10 Å². The molecular weight excluding hydrogens is 84.0 g/mol. The van der Waals surface area contributed by atoms with E-state index >= 15 is 0 Å². The highest BCUT2D eigenvalue weighted by Gasteiger charge is 1.74. The molecule has 0 aliphatic carbocycles. The minimum Gasteiger partial charge on any atom is -0.395 e. The molecule has 0 spiro atoms. The van der Waals surface area contributed by atoms with Gasteiger partial charge in [0.2, 0.25) is 6.39 Å². The van der Waals surface area contributed by atoms with Crippen LogP contribution >= 0.6 is 0 Å². The molecule has 0 atom stereocenters. The van der Waals surface area contributed by atoms with E-state index in [2.05, 4.69) is 9.52 Å². The van der Waals surface area contributed by atoms with E-state index < -0.39 is 5.76 Å². The Morgan fingerprint density at radius 2 is 2.83 bits per heavy atom. The fourth-order valence-electron chi connectivity index (χ4n) is 0.180. The number of hydrogen-bond acceptors (Lipinski definition) is 3. The van der Waals surface area contributed by atoms with Crippen molar-refractivity contribution in [3.05, 3.63) is 16.9 Å². The van der Waals surface area contributed by atoms with Crippen molar-refractivity contribution >= 4 is 0 Å². The van der Waals surface area contributed by atoms with Gasteiger partial charge in [0.1, 0.15) is 0 Å². The molecule has 0 aliphatic heterocycles. The van der Waals surface area contributed by atoms with Gasteiger partial charge < -0.3 is 4.42 Å². The average Bonchev–Trinajstić information content (AvgIpc) is 1.86. The van der Waals surface area contributed by atoms with Crippen molar-refractivity contribution in [1.29, 1.82) is 0 Å². The predicted octanol–water partition coefficient (Wildman–Crippen LogP) is -0.637. The summed E-state index contributed by atoms with van der Waals surface area (Å²) >= 11 is 0. The summed E-state index contributed by atoms with van der Waals surface area (Å²) in [5, 5.41) is 5.25. The molecule has 1 heterocycles. The number of nitrogens with one attached hydrogen (secondary N) is 1. The van der Waals surface area contributed by atoms with Crippen molar-refractivity contribution in [2.45, 2.75) is 0 Å². The number of aromatic nitrogens is 2. The van der Waals surface area contributed by atoms with E-state index in [9.17, 15) is 4.79 Å². The largest absolute Gasteiger partial charge is 0.434 e. The van der Waals surface area contributed by atoms with Crippen LogP contribution in [0.4, 0.5) is 0 Å². The van der Waals surface area contributed by atoms with Crippen LogP contribution in [0.25, 0.3) is 0 Å². The van der Waals surface area contributed by atoms with Crippen LogP contribution in [-0.4, -0.2) is 10.2 Å². The van der Waals surface area contributed by atoms with Gasteiger partial charge in [0.15, 0.2) is 0 Å². The van der Waals surface area contributed by atoms with Crippen molar-refractivity contribution in [3.8, 4) is 0 Å². The highest BCUT2D eigenvalue weighted by Crippen LogP contribution is 1.53. The zero-order chi connectivity index (χ0) is 4.41. The normalized spacial score (nSPS) is 8.67. The molecule has 1 aromatic rings. The third-order valence-electron chi connectivity index (χ3n) is 0.368. The summed E-state index contributed by atoms with van der Waals surface area (Å²) in [5.41, 5.74) is 0. The van der Waals surface area contributed by atoms with Crippen LogP contribution in [-0.2, 0) is 0 Å². The molecule has 1 rings (SSSR count). The first-order chi connectivity index (χ1) is 2.89. The van der Waals surface area contributed by atoms with E-state index in [1.807, 2.05) is 5.10 Å². The second-order valence-corrected chi connectivity index (χ2v) is 0.752. The molecule has 6 heavy (non-hydrogen) atoms. The zero-order valence-electron chi connectivity index (χ0n) is 2.84. The van der Waals surface area contributed by atoms with Gasteiger partial charge in [-0.3, -0.25) is 0 Å². The maximum absolute atomic E-state index is 9.78. The fourth-order valence-corrected chi connectivity index (χ4v) is 0.180. The Bertz CT molecular complexity index is 147. The summed E-state index contributed by atoms with van der Waals surface area (Å²) in [7, 11) is 0. The van der Waals surface area contributed by atoms with Gasteiger partial charge in [-0.2, -0.15) is 0 Å². The monoisotopic (exact) mass is 86.0 g/mol. The van der Waals surface area contributed by atoms with Crippen LogP contribution < -0.4 is 5.76 Å². The number of aromatic amines is 1. The third-order valence-corrected chi connectivity index (χ3v) is 0.368. The van der Waals surface area contributed by atoms with Crippen LogP contribution in [0, 0.1) is 0 Å². The van der Waals surface area contributed by atoms with E-state index in [1.165, 1.54) is 0 Å². The van der Waals surface area contributed by atoms with Gasteiger partial charge in [-0.25, -0.2) is 9.89 Å². The quantitative estimate of drug-likeness (QED) is 0.457. The second-order valence-electron chi connectivity index (χ2n) is 0.752. The van der Waals surface area contributed by atoms with E-state index in [0.717, 1.165) is 6.39 Å². The Kier molecular flexibility index (Phi) is 0.506. The van der Waals surface area contributed by atoms with E-state index in [1.54, 1.807) is 0 Å². The Labute approximate surface area is 32.8 Å². The number of H-pyrrole nitrogens is 1. The van der Waals surface area contributed by atoms with Crippen molar-refractivity contribution in [2.24, 2.45) is 0 Å². The topological polar surface area (TPSA) is 58.9 Å². The molecule has 4 nitrogen and oxygen atoms in total. The summed E-state index contributed by atoms with van der Waals surface area (Å²) in [4.78, 5) is 9.78. The van der Waals surface area contributed by atoms with Gasteiger partial charge >= 0.3 is 5.76 Å². The van der Waals surface area contributed by atoms with Gasteiger partial charge in [-0.05, 0) is 0 Å². The molecule has 0 saturated heterocycles. The summed E-state index contributed by atoms with van der Waals surface area (Å²) in [6, 6.07) is 0. The van der Waals surface area contributed by atoms with E-state index in [-0.39, 0.29) is 0 Å². The van der Waals surface area contributed by atoms with Gasteiger partial charge in [0.25, 0.3) is 0 Å². The summed E-state index contributed by atoms with van der Waals surface area (Å²) in [5.74, 6) is -0.519. The van der Waals surface area contributed by atoms with Crippen LogP contribution in [0.5, 0.6) is 0 Å². The molecule has 4 heteroatoms. The van der Waals surface area contributed by atoms with Gasteiger partial charge in [-0.1, -0.05) is 0 Å². The molecule has 0 saturated carbocycles. The minimum atomic E-state index is -0.519. The molecule has 0 aliphatic rings. The summed E-state index contributed by atoms with van der Waals surface area (Å²) in [6.07, 6.45) is 1.04. The van der Waals surface area contributed by atoms with Crippen molar-refractivity contribution in [2.75, 3.05) is 0 Å². The maximum Gasteiger partial charge on any atom is 0.434 e. The minimum absolute atomic E-state index is 0.519. The maximum atomic E-state index is 9.78. The molecule has 0 aromatic carbocycles. The van der Waals surface area contributed by atoms with Crippen molar-refractivity contribution in [1.82, 2.24) is 10.2 Å². The van der Waals surface area contributed by atoms with E-state index in [0.29, 0.717) is 0 Å². The zero-order valence-corrected chi connectivity index (χ0v) is 2.84. The Morgan fingerprint density at radius 3 is 3.00 bits per heavy atom. The first-order valence-electron chi connectivity index (χ1n) is 1.38. The average molecular weight is 86.0 g/mol. The van der Waals surface area contributed by atoms with Gasteiger partial charge in [0, 0.05) is 0 Å². The molecule has 1 aromatic heterocycles. The highest BCUT2D eigenvalue weighted by molar-refractivity contribution is 4.36. The van der Waals surface area contributed by atoms with Crippen molar-refractivity contribution in [3.63, 3.8) is 0 Å². The number of nitrogens with zero attached hydrogens (tertiary/aromatic N) is 1. The SMILES string of the molecule is O=c1[nH]nco1. The molecule has 0 unspecified atom stereocenters. The van der Waals surface area contributed by atoms with E-state index in [4.69, 9.17) is 0 Å². The molecule has 0 radical (unpaired) electrons. The Hall–Kier alpha value is -1.06. The lowest BCUT2D eigenvalue weighted by molar-refractivity contribution is 0.513. The molecule has 0 amide bonds. The lowest BCUT2D eigenvalue weighted by Crippen LogP contribution is -1.93. The molecule has 32 valence electrons. The molecular formula is C2H2N2O2. The lowest BCUT2D eigenvalue weighted by Gasteiger charge is -1.48. The highest BCUT2D eigenvalue weighted by atomic mass is 16.4. The molecule has 0 bridgehead atoms. The standard InChI is InChI=1S/C2H2N2O2/c5-2-4-3-1-6-2/h1H,(H,4,5). The summed E-state index contributed by atoms with van der Waals surface area (Å²) in [6.45, 7) is 0. The molecule has 1 N–H and O–H groups in total. The predicted molar refractivity (Wildman–Crippen MR) is 17.1 cm³/mol. The number of hydrogen-bond donors (Lipinski definition) is 1.